The molecule has 1 unspecified atom stereocenters. The summed E-state index contributed by atoms with van der Waals surface area (Å²) in [5.74, 6) is -1.65. The first-order valence-electron chi connectivity index (χ1n) is 7.82. The highest BCUT2D eigenvalue weighted by Crippen LogP contribution is 2.21. The van der Waals surface area contributed by atoms with Gasteiger partial charge >= 0.3 is 11.9 Å². The fourth-order valence-corrected chi connectivity index (χ4v) is 2.50. The zero-order valence-electron chi connectivity index (χ0n) is 13.4. The minimum Gasteiger partial charge on any atom is -0.481 e. The molecule has 23 heavy (non-hydrogen) atoms. The van der Waals surface area contributed by atoms with Crippen LogP contribution < -0.4 is 5.32 Å². The van der Waals surface area contributed by atoms with Gasteiger partial charge < -0.3 is 20.6 Å². The highest BCUT2D eigenvalue weighted by molar-refractivity contribution is 5.67. The van der Waals surface area contributed by atoms with Gasteiger partial charge in [0.25, 0.3) is 0 Å². The predicted octanol–water partition coefficient (Wildman–Crippen LogP) is 1.75. The van der Waals surface area contributed by atoms with Crippen molar-refractivity contribution in [3.63, 3.8) is 0 Å². The number of likely N-dealkylation sites (N-methyl/N-ethyl adjacent to an activating group) is 1. The highest BCUT2D eigenvalue weighted by Gasteiger charge is 2.11. The number of aliphatic carboxylic acids is 2. The number of carboxylic acids is 2. The van der Waals surface area contributed by atoms with Crippen molar-refractivity contribution in [2.45, 2.75) is 44.6 Å². The quantitative estimate of drug-likeness (QED) is 0.494. The van der Waals surface area contributed by atoms with Gasteiger partial charge in [0.1, 0.15) is 0 Å². The molecule has 1 atom stereocenters. The maximum Gasteiger partial charge on any atom is 0.303 e. The fraction of sp³-hybridized carbons (Fsp3) is 0.529. The molecule has 6 nitrogen and oxygen atoms in total. The van der Waals surface area contributed by atoms with Crippen LogP contribution in [0.25, 0.3) is 0 Å². The molecule has 0 aliphatic heterocycles. The Morgan fingerprint density at radius 2 is 1.61 bits per heavy atom. The standard InChI is InChI=1S/C17H25NO5/c1-18-11-15(19)14-9-8-12(4-2-6-16(20)21)13(10-14)5-3-7-17(22)23/h8-10,15,18-19H,2-7,11H2,1H3,(H,20,21)(H,22,23). The van der Waals surface area contributed by atoms with Crippen molar-refractivity contribution in [2.24, 2.45) is 0 Å². The lowest BCUT2D eigenvalue weighted by molar-refractivity contribution is -0.138. The maximum atomic E-state index is 10.7. The van der Waals surface area contributed by atoms with Gasteiger partial charge in [-0.2, -0.15) is 0 Å². The zero-order valence-corrected chi connectivity index (χ0v) is 13.4. The van der Waals surface area contributed by atoms with Crippen molar-refractivity contribution < 1.29 is 24.9 Å². The van der Waals surface area contributed by atoms with Crippen LogP contribution in [-0.4, -0.2) is 40.9 Å². The van der Waals surface area contributed by atoms with Crippen LogP contribution in [0.15, 0.2) is 18.2 Å². The normalized spacial score (nSPS) is 12.1. The minimum absolute atomic E-state index is 0.0951. The van der Waals surface area contributed by atoms with E-state index < -0.39 is 18.0 Å². The fourth-order valence-electron chi connectivity index (χ4n) is 2.50. The van der Waals surface area contributed by atoms with Gasteiger partial charge in [0, 0.05) is 19.4 Å². The van der Waals surface area contributed by atoms with Crippen LogP contribution in [0.1, 0.15) is 48.5 Å². The molecule has 0 fully saturated rings. The molecule has 0 aliphatic rings. The summed E-state index contributed by atoms with van der Waals surface area (Å²) in [6.07, 6.45) is 1.89. The summed E-state index contributed by atoms with van der Waals surface area (Å²) in [4.78, 5) is 21.3. The van der Waals surface area contributed by atoms with Gasteiger partial charge in [-0.15, -0.1) is 0 Å². The molecule has 0 amide bonds. The molecule has 0 aromatic heterocycles. The number of carbonyl (C=O) groups is 2. The second kappa shape index (κ2) is 9.97. The van der Waals surface area contributed by atoms with Gasteiger partial charge in [-0.1, -0.05) is 18.2 Å². The van der Waals surface area contributed by atoms with E-state index in [2.05, 4.69) is 5.32 Å². The van der Waals surface area contributed by atoms with Gasteiger partial charge in [-0.05, 0) is 49.4 Å². The molecule has 0 heterocycles. The van der Waals surface area contributed by atoms with Crippen molar-refractivity contribution in [2.75, 3.05) is 13.6 Å². The van der Waals surface area contributed by atoms with Crippen LogP contribution in [-0.2, 0) is 22.4 Å². The van der Waals surface area contributed by atoms with Crippen LogP contribution >= 0.6 is 0 Å². The van der Waals surface area contributed by atoms with Crippen LogP contribution in [0.4, 0.5) is 0 Å². The topological polar surface area (TPSA) is 107 Å². The number of carboxylic acid groups (broad SMARTS) is 2. The summed E-state index contributed by atoms with van der Waals surface area (Å²) < 4.78 is 0. The van der Waals surface area contributed by atoms with E-state index in [1.807, 2.05) is 18.2 Å². The van der Waals surface area contributed by atoms with E-state index in [1.165, 1.54) is 0 Å². The summed E-state index contributed by atoms with van der Waals surface area (Å²) in [6.45, 7) is 0.437. The molecule has 0 saturated carbocycles. The van der Waals surface area contributed by atoms with Gasteiger partial charge in [0.15, 0.2) is 0 Å². The minimum atomic E-state index is -0.830. The first-order chi connectivity index (χ1) is 10.9. The molecule has 4 N–H and O–H groups in total. The smallest absolute Gasteiger partial charge is 0.303 e. The number of aliphatic hydroxyl groups is 1. The molecule has 0 bridgehead atoms. The number of nitrogens with one attached hydrogen (secondary N) is 1. The molecular weight excluding hydrogens is 298 g/mol. The number of rotatable bonds is 11. The highest BCUT2D eigenvalue weighted by atomic mass is 16.4. The summed E-state index contributed by atoms with van der Waals surface area (Å²) in [7, 11) is 1.76. The average Bonchev–Trinajstić information content (AvgIpc) is 2.48. The van der Waals surface area contributed by atoms with E-state index in [0.29, 0.717) is 32.2 Å². The lowest BCUT2D eigenvalue weighted by atomic mass is 9.94. The third kappa shape index (κ3) is 7.25. The second-order valence-corrected chi connectivity index (χ2v) is 5.60. The lowest BCUT2D eigenvalue weighted by Crippen LogP contribution is -2.17. The Bertz CT molecular complexity index is 530. The molecule has 0 aliphatic carbocycles. The average molecular weight is 323 g/mol. The van der Waals surface area contributed by atoms with Gasteiger partial charge in [-0.25, -0.2) is 0 Å². The summed E-state index contributed by atoms with van der Waals surface area (Å²) in [6, 6.07) is 5.66. The van der Waals surface area contributed by atoms with Crippen molar-refractivity contribution >= 4 is 11.9 Å². The SMILES string of the molecule is CNCC(O)c1ccc(CCCC(=O)O)c(CCCC(=O)O)c1. The van der Waals surface area contributed by atoms with E-state index in [1.54, 1.807) is 7.05 Å². The number of aryl methyl sites for hydroxylation is 2. The van der Waals surface area contributed by atoms with E-state index >= 15 is 0 Å². The van der Waals surface area contributed by atoms with Crippen LogP contribution in [0.5, 0.6) is 0 Å². The zero-order chi connectivity index (χ0) is 17.2. The molecule has 128 valence electrons. The number of hydrogen-bond donors (Lipinski definition) is 4. The number of hydrogen-bond acceptors (Lipinski definition) is 4. The Labute approximate surface area is 136 Å². The van der Waals surface area contributed by atoms with E-state index in [9.17, 15) is 14.7 Å². The Hall–Kier alpha value is -1.92. The molecule has 0 radical (unpaired) electrons. The van der Waals surface area contributed by atoms with Crippen LogP contribution in [0, 0.1) is 0 Å². The number of aliphatic hydroxyl groups excluding tert-OH is 1. The summed E-state index contributed by atoms with van der Waals surface area (Å²) >= 11 is 0. The van der Waals surface area contributed by atoms with Crippen molar-refractivity contribution in [3.8, 4) is 0 Å². The first kappa shape index (κ1) is 19.1. The van der Waals surface area contributed by atoms with Gasteiger partial charge in [0.05, 0.1) is 6.10 Å². The largest absolute Gasteiger partial charge is 0.481 e. The first-order valence-corrected chi connectivity index (χ1v) is 7.82. The molecular formula is C17H25NO5. The number of benzene rings is 1. The van der Waals surface area contributed by atoms with E-state index in [0.717, 1.165) is 16.7 Å². The van der Waals surface area contributed by atoms with Gasteiger partial charge in [0.2, 0.25) is 0 Å². The van der Waals surface area contributed by atoms with Gasteiger partial charge in [-0.3, -0.25) is 9.59 Å². The summed E-state index contributed by atoms with van der Waals surface area (Å²) in [5.41, 5.74) is 2.80. The third-order valence-electron chi connectivity index (χ3n) is 3.69. The Kier molecular flexibility index (Phi) is 8.29. The summed E-state index contributed by atoms with van der Waals surface area (Å²) in [5, 5.41) is 30.5. The molecule has 1 aromatic carbocycles. The Morgan fingerprint density at radius 3 is 2.13 bits per heavy atom. The molecule has 6 heteroatoms. The molecule has 0 spiro atoms. The monoisotopic (exact) mass is 323 g/mol. The molecule has 0 saturated heterocycles. The van der Waals surface area contributed by atoms with Crippen LogP contribution in [0.2, 0.25) is 0 Å². The third-order valence-corrected chi connectivity index (χ3v) is 3.69. The van der Waals surface area contributed by atoms with Crippen molar-refractivity contribution in [1.82, 2.24) is 5.32 Å². The Balaban J connectivity index is 2.84. The van der Waals surface area contributed by atoms with Crippen LogP contribution in [0.3, 0.4) is 0 Å². The predicted molar refractivity (Wildman–Crippen MR) is 86.5 cm³/mol. The van der Waals surface area contributed by atoms with E-state index in [4.69, 9.17) is 10.2 Å². The van der Waals surface area contributed by atoms with Crippen molar-refractivity contribution in [1.29, 1.82) is 0 Å². The van der Waals surface area contributed by atoms with Crippen molar-refractivity contribution in [3.05, 3.63) is 34.9 Å². The lowest BCUT2D eigenvalue weighted by Gasteiger charge is -2.15. The second-order valence-electron chi connectivity index (χ2n) is 5.60. The van der Waals surface area contributed by atoms with E-state index in [-0.39, 0.29) is 12.8 Å². The Morgan fingerprint density at radius 1 is 1.04 bits per heavy atom. The molecule has 1 rings (SSSR count). The molecule has 1 aromatic rings. The maximum absolute atomic E-state index is 10.7.